The van der Waals surface area contributed by atoms with Crippen molar-refractivity contribution in [3.63, 3.8) is 0 Å². The van der Waals surface area contributed by atoms with Crippen LogP contribution in [0.5, 0.6) is 0 Å². The highest BCUT2D eigenvalue weighted by atomic mass is 32.2. The van der Waals surface area contributed by atoms with Gasteiger partial charge in [0.2, 0.25) is 5.91 Å². The lowest BCUT2D eigenvalue weighted by Crippen LogP contribution is -2.58. The molecule has 0 aromatic rings. The number of rotatable bonds is 5. The first kappa shape index (κ1) is 14.3. The summed E-state index contributed by atoms with van der Waals surface area (Å²) < 4.78 is 5.02. The van der Waals surface area contributed by atoms with Crippen LogP contribution in [0.25, 0.3) is 0 Å². The Morgan fingerprint density at radius 3 is 2.47 bits per heavy atom. The minimum atomic E-state index is -1.10. The number of carbonyl (C=O) groups is 2. The lowest BCUT2D eigenvalue weighted by Gasteiger charge is -2.34. The molecule has 1 fully saturated rings. The Labute approximate surface area is 105 Å². The number of hydrogen-bond acceptors (Lipinski definition) is 4. The lowest BCUT2D eigenvalue weighted by atomic mass is 9.92. The first-order chi connectivity index (χ1) is 8.05. The number of methoxy groups -OCH3 is 1. The second-order valence-electron chi connectivity index (χ2n) is 4.12. The van der Waals surface area contributed by atoms with Gasteiger partial charge in [-0.25, -0.2) is 4.79 Å². The van der Waals surface area contributed by atoms with Crippen molar-refractivity contribution in [2.24, 2.45) is 0 Å². The predicted molar refractivity (Wildman–Crippen MR) is 66.2 cm³/mol. The topological polar surface area (TPSA) is 75.6 Å². The highest BCUT2D eigenvalue weighted by Gasteiger charge is 2.42. The van der Waals surface area contributed by atoms with Gasteiger partial charge in [-0.1, -0.05) is 6.92 Å². The van der Waals surface area contributed by atoms with Gasteiger partial charge in [-0.05, 0) is 30.8 Å². The van der Waals surface area contributed by atoms with E-state index in [2.05, 4.69) is 5.32 Å². The van der Waals surface area contributed by atoms with E-state index in [0.717, 1.165) is 11.5 Å². The molecule has 1 amide bonds. The first-order valence-electron chi connectivity index (χ1n) is 5.71. The second-order valence-corrected chi connectivity index (χ2v) is 5.35. The molecular formula is C11H19NO4S. The second kappa shape index (κ2) is 6.26. The van der Waals surface area contributed by atoms with Gasteiger partial charge in [0, 0.05) is 7.11 Å². The highest BCUT2D eigenvalue weighted by molar-refractivity contribution is 7.99. The molecule has 1 atom stereocenters. The molecule has 1 aliphatic heterocycles. The van der Waals surface area contributed by atoms with Crippen molar-refractivity contribution in [2.45, 2.75) is 37.8 Å². The summed E-state index contributed by atoms with van der Waals surface area (Å²) in [5.41, 5.74) is -1.10. The fraction of sp³-hybridized carbons (Fsp3) is 0.818. The monoisotopic (exact) mass is 261 g/mol. The molecule has 2 N–H and O–H groups in total. The molecule has 1 unspecified atom stereocenters. The van der Waals surface area contributed by atoms with Crippen LogP contribution < -0.4 is 5.32 Å². The van der Waals surface area contributed by atoms with E-state index in [1.807, 2.05) is 6.92 Å². The highest BCUT2D eigenvalue weighted by Crippen LogP contribution is 2.27. The first-order valence-corrected chi connectivity index (χ1v) is 6.87. The SMILES string of the molecule is CCC(OC)C(=O)NC1(C(=O)O)CCSCC1. The molecule has 0 saturated carbocycles. The standard InChI is InChI=1S/C11H19NO4S/c1-3-8(16-2)9(13)12-11(10(14)15)4-6-17-7-5-11/h8H,3-7H2,1-2H3,(H,12,13)(H,14,15). The number of carboxylic acid groups (broad SMARTS) is 1. The quantitative estimate of drug-likeness (QED) is 0.768. The maximum atomic E-state index is 11.9. The van der Waals surface area contributed by atoms with Crippen LogP contribution in [-0.2, 0) is 14.3 Å². The molecule has 0 bridgehead atoms. The van der Waals surface area contributed by atoms with Crippen molar-refractivity contribution in [2.75, 3.05) is 18.6 Å². The fourth-order valence-electron chi connectivity index (χ4n) is 1.89. The van der Waals surface area contributed by atoms with Crippen LogP contribution in [0.4, 0.5) is 0 Å². The van der Waals surface area contributed by atoms with Crippen molar-refractivity contribution in [3.05, 3.63) is 0 Å². The predicted octanol–water partition coefficient (Wildman–Crippen LogP) is 0.878. The van der Waals surface area contributed by atoms with E-state index < -0.39 is 17.6 Å². The average molecular weight is 261 g/mol. The molecule has 5 nitrogen and oxygen atoms in total. The number of aliphatic carboxylic acids is 1. The molecule has 0 aliphatic carbocycles. The Morgan fingerprint density at radius 2 is 2.06 bits per heavy atom. The van der Waals surface area contributed by atoms with Crippen molar-refractivity contribution >= 4 is 23.6 Å². The maximum absolute atomic E-state index is 11.9. The molecule has 0 radical (unpaired) electrons. The van der Waals surface area contributed by atoms with Crippen molar-refractivity contribution in [3.8, 4) is 0 Å². The Bertz CT molecular complexity index is 285. The van der Waals surface area contributed by atoms with Gasteiger partial charge in [0.25, 0.3) is 0 Å². The summed E-state index contributed by atoms with van der Waals surface area (Å²) >= 11 is 1.72. The van der Waals surface area contributed by atoms with E-state index in [1.54, 1.807) is 11.8 Å². The minimum Gasteiger partial charge on any atom is -0.480 e. The molecule has 1 aliphatic rings. The van der Waals surface area contributed by atoms with Gasteiger partial charge >= 0.3 is 5.97 Å². The Balaban J connectivity index is 2.73. The van der Waals surface area contributed by atoms with Crippen LogP contribution in [0, 0.1) is 0 Å². The smallest absolute Gasteiger partial charge is 0.329 e. The van der Waals surface area contributed by atoms with E-state index in [0.29, 0.717) is 19.3 Å². The molecule has 1 saturated heterocycles. The maximum Gasteiger partial charge on any atom is 0.329 e. The third kappa shape index (κ3) is 3.35. The van der Waals surface area contributed by atoms with Gasteiger partial charge in [0.1, 0.15) is 11.6 Å². The van der Waals surface area contributed by atoms with E-state index in [1.165, 1.54) is 7.11 Å². The van der Waals surface area contributed by atoms with Gasteiger partial charge < -0.3 is 15.2 Å². The fourth-order valence-corrected chi connectivity index (χ4v) is 3.08. The Kier molecular flexibility index (Phi) is 5.27. The lowest BCUT2D eigenvalue weighted by molar-refractivity contribution is -0.150. The van der Waals surface area contributed by atoms with Crippen LogP contribution in [0.2, 0.25) is 0 Å². The number of thioether (sulfide) groups is 1. The summed E-state index contributed by atoms with van der Waals surface area (Å²) in [4.78, 5) is 23.2. The molecule has 0 aromatic heterocycles. The zero-order chi connectivity index (χ0) is 12.9. The van der Waals surface area contributed by atoms with Crippen LogP contribution in [0.3, 0.4) is 0 Å². The van der Waals surface area contributed by atoms with Crippen molar-refractivity contribution in [1.82, 2.24) is 5.32 Å². The normalized spacial score (nSPS) is 20.6. The van der Waals surface area contributed by atoms with Crippen LogP contribution in [0.15, 0.2) is 0 Å². The Morgan fingerprint density at radius 1 is 1.47 bits per heavy atom. The average Bonchev–Trinajstić information content (AvgIpc) is 2.31. The van der Waals surface area contributed by atoms with Crippen LogP contribution in [0.1, 0.15) is 26.2 Å². The third-order valence-electron chi connectivity index (χ3n) is 3.07. The van der Waals surface area contributed by atoms with Crippen molar-refractivity contribution < 1.29 is 19.4 Å². The number of amides is 1. The summed E-state index contributed by atoms with van der Waals surface area (Å²) in [6, 6.07) is 0. The molecule has 0 aromatic carbocycles. The number of hydrogen-bond donors (Lipinski definition) is 2. The summed E-state index contributed by atoms with van der Waals surface area (Å²) in [6.45, 7) is 1.83. The van der Waals surface area contributed by atoms with Crippen LogP contribution in [-0.4, -0.2) is 47.2 Å². The molecular weight excluding hydrogens is 242 g/mol. The molecule has 1 heterocycles. The largest absolute Gasteiger partial charge is 0.480 e. The number of ether oxygens (including phenoxy) is 1. The van der Waals surface area contributed by atoms with E-state index in [9.17, 15) is 14.7 Å². The van der Waals surface area contributed by atoms with Gasteiger partial charge in [-0.2, -0.15) is 11.8 Å². The zero-order valence-electron chi connectivity index (χ0n) is 10.2. The van der Waals surface area contributed by atoms with E-state index in [4.69, 9.17) is 4.74 Å². The zero-order valence-corrected chi connectivity index (χ0v) is 11.0. The molecule has 0 spiro atoms. The molecule has 6 heteroatoms. The molecule has 1 rings (SSSR count). The third-order valence-corrected chi connectivity index (χ3v) is 4.05. The summed E-state index contributed by atoms with van der Waals surface area (Å²) in [5, 5.41) is 12.0. The minimum absolute atomic E-state index is 0.329. The Hall–Kier alpha value is -0.750. The molecule has 98 valence electrons. The number of carbonyl (C=O) groups excluding carboxylic acids is 1. The summed E-state index contributed by atoms with van der Waals surface area (Å²) in [6.07, 6.45) is 0.908. The van der Waals surface area contributed by atoms with Gasteiger partial charge in [-0.3, -0.25) is 4.79 Å². The number of carboxylic acids is 1. The summed E-state index contributed by atoms with van der Waals surface area (Å²) in [7, 11) is 1.46. The van der Waals surface area contributed by atoms with E-state index >= 15 is 0 Å². The van der Waals surface area contributed by atoms with Crippen LogP contribution >= 0.6 is 11.8 Å². The van der Waals surface area contributed by atoms with Gasteiger partial charge in [-0.15, -0.1) is 0 Å². The van der Waals surface area contributed by atoms with Gasteiger partial charge in [0.05, 0.1) is 0 Å². The summed E-state index contributed by atoms with van der Waals surface area (Å²) in [5.74, 6) is 0.244. The van der Waals surface area contributed by atoms with E-state index in [-0.39, 0.29) is 5.91 Å². The van der Waals surface area contributed by atoms with Crippen molar-refractivity contribution in [1.29, 1.82) is 0 Å². The molecule has 17 heavy (non-hydrogen) atoms. The van der Waals surface area contributed by atoms with Gasteiger partial charge in [0.15, 0.2) is 0 Å². The number of nitrogens with one attached hydrogen (secondary N) is 1.